The normalized spacial score (nSPS) is 21.2. The van der Waals surface area contributed by atoms with Crippen molar-refractivity contribution in [2.24, 2.45) is 5.92 Å². The Balaban J connectivity index is 1.46. The Labute approximate surface area is 213 Å². The Bertz CT molecular complexity index is 1040. The van der Waals surface area contributed by atoms with Gasteiger partial charge >= 0.3 is 0 Å². The molecule has 4 rings (SSSR count). The second-order valence-electron chi connectivity index (χ2n) is 9.99. The first-order valence-electron chi connectivity index (χ1n) is 12.7. The van der Waals surface area contributed by atoms with Gasteiger partial charge in [-0.1, -0.05) is 30.3 Å². The van der Waals surface area contributed by atoms with E-state index in [0.717, 1.165) is 44.6 Å². The first-order valence-corrected chi connectivity index (χ1v) is 12.7. The van der Waals surface area contributed by atoms with E-state index in [4.69, 9.17) is 4.74 Å². The molecule has 0 spiro atoms. The van der Waals surface area contributed by atoms with Crippen molar-refractivity contribution in [2.45, 2.75) is 37.6 Å². The van der Waals surface area contributed by atoms with Gasteiger partial charge in [0.1, 0.15) is 0 Å². The van der Waals surface area contributed by atoms with Crippen molar-refractivity contribution >= 4 is 17.7 Å². The number of benzene rings is 1. The van der Waals surface area contributed by atoms with E-state index in [-0.39, 0.29) is 37.1 Å². The third-order valence-electron chi connectivity index (χ3n) is 7.55. The van der Waals surface area contributed by atoms with Gasteiger partial charge in [0.05, 0.1) is 18.6 Å². The average molecular weight is 493 g/mol. The zero-order chi connectivity index (χ0) is 25.5. The summed E-state index contributed by atoms with van der Waals surface area (Å²) >= 11 is 0. The number of pyridine rings is 1. The first kappa shape index (κ1) is 26.0. The zero-order valence-electron chi connectivity index (χ0n) is 21.3. The minimum absolute atomic E-state index is 0.00159. The van der Waals surface area contributed by atoms with Crippen molar-refractivity contribution in [3.05, 3.63) is 66.0 Å². The molecule has 192 valence electrons. The summed E-state index contributed by atoms with van der Waals surface area (Å²) in [4.78, 5) is 49.9. The number of carbonyl (C=O) groups excluding carboxylic acids is 3. The molecule has 8 nitrogen and oxygen atoms in total. The van der Waals surface area contributed by atoms with Gasteiger partial charge in [0.25, 0.3) is 0 Å². The van der Waals surface area contributed by atoms with E-state index in [2.05, 4.69) is 9.88 Å². The molecule has 2 fully saturated rings. The quantitative estimate of drug-likeness (QED) is 0.474. The zero-order valence-corrected chi connectivity index (χ0v) is 21.3. The van der Waals surface area contributed by atoms with Crippen LogP contribution in [0.4, 0.5) is 0 Å². The maximum Gasteiger partial charge on any atom is 0.241 e. The van der Waals surface area contributed by atoms with E-state index >= 15 is 0 Å². The third-order valence-corrected chi connectivity index (χ3v) is 7.55. The van der Waals surface area contributed by atoms with Crippen LogP contribution in [-0.4, -0.2) is 84.3 Å². The number of amides is 3. The van der Waals surface area contributed by atoms with Crippen LogP contribution in [0.2, 0.25) is 0 Å². The Hall–Kier alpha value is -3.10. The predicted octanol–water partition coefficient (Wildman–Crippen LogP) is 2.49. The first-order chi connectivity index (χ1) is 17.4. The summed E-state index contributed by atoms with van der Waals surface area (Å²) in [6.45, 7) is 4.51. The number of imide groups is 1. The summed E-state index contributed by atoms with van der Waals surface area (Å²) in [6.07, 6.45) is 5.33. The van der Waals surface area contributed by atoms with E-state index in [1.165, 1.54) is 4.90 Å². The van der Waals surface area contributed by atoms with Crippen molar-refractivity contribution < 1.29 is 19.1 Å². The second-order valence-corrected chi connectivity index (χ2v) is 9.99. The van der Waals surface area contributed by atoms with E-state index in [9.17, 15) is 14.4 Å². The van der Waals surface area contributed by atoms with Crippen LogP contribution < -0.4 is 0 Å². The monoisotopic (exact) mass is 492 g/mol. The van der Waals surface area contributed by atoms with E-state index in [1.807, 2.05) is 37.4 Å². The Morgan fingerprint density at radius 3 is 2.47 bits per heavy atom. The molecule has 2 aromatic rings. The van der Waals surface area contributed by atoms with Gasteiger partial charge in [-0.3, -0.25) is 24.3 Å². The molecule has 0 saturated carbocycles. The van der Waals surface area contributed by atoms with Crippen LogP contribution in [0.1, 0.15) is 36.8 Å². The molecular weight excluding hydrogens is 456 g/mol. The molecule has 0 bridgehead atoms. The van der Waals surface area contributed by atoms with Crippen LogP contribution in [0.3, 0.4) is 0 Å². The molecule has 0 aliphatic carbocycles. The van der Waals surface area contributed by atoms with E-state index in [1.54, 1.807) is 36.5 Å². The predicted molar refractivity (Wildman–Crippen MR) is 136 cm³/mol. The van der Waals surface area contributed by atoms with Gasteiger partial charge < -0.3 is 14.5 Å². The Kier molecular flexibility index (Phi) is 8.48. The number of ether oxygens (including phenoxy) is 1. The number of piperidine rings is 1. The fourth-order valence-electron chi connectivity index (χ4n) is 5.35. The summed E-state index contributed by atoms with van der Waals surface area (Å²) in [7, 11) is 3.53. The highest BCUT2D eigenvalue weighted by Gasteiger charge is 2.53. The van der Waals surface area contributed by atoms with Crippen LogP contribution in [0, 0.1) is 5.92 Å². The summed E-state index contributed by atoms with van der Waals surface area (Å²) in [6, 6.07) is 12.9. The smallest absolute Gasteiger partial charge is 0.241 e. The molecule has 2 saturated heterocycles. The number of nitrogens with zero attached hydrogens (tertiary/aromatic N) is 4. The van der Waals surface area contributed by atoms with Gasteiger partial charge in [-0.25, -0.2) is 0 Å². The molecular formula is C28H36N4O4. The van der Waals surface area contributed by atoms with Crippen LogP contribution in [0.25, 0.3) is 0 Å². The fraction of sp³-hybridized carbons (Fsp3) is 0.500. The molecule has 1 aromatic carbocycles. The highest BCUT2D eigenvalue weighted by atomic mass is 16.5. The molecule has 0 radical (unpaired) electrons. The van der Waals surface area contributed by atoms with Crippen LogP contribution in [-0.2, 0) is 31.1 Å². The lowest BCUT2D eigenvalue weighted by molar-refractivity contribution is -0.143. The van der Waals surface area contributed by atoms with Gasteiger partial charge in [0, 0.05) is 52.5 Å². The van der Waals surface area contributed by atoms with E-state index < -0.39 is 5.41 Å². The standard InChI is InChI=1S/C28H36N4O4/c1-30(20-23-10-14-31(15-11-23)16-17-36-2)25(33)18-28(24-6-4-3-5-7-24)19-26(34)32(27(28)35)21-22-8-12-29-13-9-22/h3-9,12-13,23H,10-11,14-21H2,1-2H3/t28-/m0/s1. The molecule has 2 aliphatic heterocycles. The molecule has 0 N–H and O–H groups in total. The number of aromatic nitrogens is 1. The lowest BCUT2D eigenvalue weighted by Gasteiger charge is -2.35. The minimum atomic E-state index is -1.18. The summed E-state index contributed by atoms with van der Waals surface area (Å²) < 4.78 is 5.18. The molecule has 1 aromatic heterocycles. The van der Waals surface area contributed by atoms with Gasteiger partial charge in [0.2, 0.25) is 17.7 Å². The van der Waals surface area contributed by atoms with Crippen LogP contribution >= 0.6 is 0 Å². The Morgan fingerprint density at radius 2 is 1.81 bits per heavy atom. The molecule has 1 atom stereocenters. The SMILES string of the molecule is COCCN1CCC(CN(C)C(=O)C[C@@]2(c3ccccc3)CC(=O)N(Cc3ccncc3)C2=O)CC1. The molecule has 2 aliphatic rings. The highest BCUT2D eigenvalue weighted by molar-refractivity contribution is 6.10. The molecule has 3 heterocycles. The maximum absolute atomic E-state index is 13.8. The van der Waals surface area contributed by atoms with Crippen molar-refractivity contribution in [1.29, 1.82) is 0 Å². The minimum Gasteiger partial charge on any atom is -0.383 e. The maximum atomic E-state index is 13.8. The lowest BCUT2D eigenvalue weighted by atomic mass is 9.75. The fourth-order valence-corrected chi connectivity index (χ4v) is 5.35. The number of hydrogen-bond acceptors (Lipinski definition) is 6. The van der Waals surface area contributed by atoms with Crippen molar-refractivity contribution in [3.8, 4) is 0 Å². The largest absolute Gasteiger partial charge is 0.383 e. The summed E-state index contributed by atoms with van der Waals surface area (Å²) in [5.74, 6) is -0.231. The molecule has 3 amide bonds. The van der Waals surface area contributed by atoms with Gasteiger partial charge in [0.15, 0.2) is 0 Å². The topological polar surface area (TPSA) is 83.1 Å². The average Bonchev–Trinajstić information content (AvgIpc) is 3.14. The molecule has 36 heavy (non-hydrogen) atoms. The van der Waals surface area contributed by atoms with E-state index in [0.29, 0.717) is 18.0 Å². The number of methoxy groups -OCH3 is 1. The third kappa shape index (κ3) is 5.82. The Morgan fingerprint density at radius 1 is 1.11 bits per heavy atom. The summed E-state index contributed by atoms with van der Waals surface area (Å²) in [5.41, 5.74) is 0.366. The highest BCUT2D eigenvalue weighted by Crippen LogP contribution is 2.41. The van der Waals surface area contributed by atoms with Crippen molar-refractivity contribution in [3.63, 3.8) is 0 Å². The number of likely N-dealkylation sites (tertiary alicyclic amines) is 2. The summed E-state index contributed by atoms with van der Waals surface area (Å²) in [5, 5.41) is 0. The van der Waals surface area contributed by atoms with Crippen LogP contribution in [0.5, 0.6) is 0 Å². The van der Waals surface area contributed by atoms with Gasteiger partial charge in [-0.15, -0.1) is 0 Å². The van der Waals surface area contributed by atoms with Crippen molar-refractivity contribution in [2.75, 3.05) is 46.9 Å². The number of rotatable bonds is 10. The number of carbonyl (C=O) groups is 3. The lowest BCUT2D eigenvalue weighted by Crippen LogP contribution is -2.44. The molecule has 8 heteroatoms. The second kappa shape index (κ2) is 11.8. The van der Waals surface area contributed by atoms with Crippen LogP contribution in [0.15, 0.2) is 54.9 Å². The van der Waals surface area contributed by atoms with Gasteiger partial charge in [-0.2, -0.15) is 0 Å². The number of hydrogen-bond donors (Lipinski definition) is 0. The molecule has 0 unspecified atom stereocenters. The van der Waals surface area contributed by atoms with Crippen molar-refractivity contribution in [1.82, 2.24) is 19.7 Å². The van der Waals surface area contributed by atoms with Gasteiger partial charge in [-0.05, 0) is 55.1 Å².